The Labute approximate surface area is 171 Å². The Bertz CT molecular complexity index is 1010. The number of sulfonamides is 1. The first-order valence-electron chi connectivity index (χ1n) is 8.63. The summed E-state index contributed by atoms with van der Waals surface area (Å²) >= 11 is 5.66. The molecular weight excluding hydrogens is 428 g/mol. The normalized spacial score (nSPS) is 15.1. The molecule has 0 atom stereocenters. The molecule has 0 aromatic heterocycles. The van der Waals surface area contributed by atoms with Crippen molar-refractivity contribution >= 4 is 38.9 Å². The molecule has 0 unspecified atom stereocenters. The van der Waals surface area contributed by atoms with Crippen LogP contribution in [0.5, 0.6) is 0 Å². The molecule has 0 aliphatic carbocycles. The van der Waals surface area contributed by atoms with E-state index in [2.05, 4.69) is 10.6 Å². The summed E-state index contributed by atoms with van der Waals surface area (Å²) in [6.07, 6.45) is 0. The lowest BCUT2D eigenvalue weighted by Crippen LogP contribution is -2.40. The van der Waals surface area contributed by atoms with Gasteiger partial charge in [-0.05, 0) is 36.4 Å². The molecule has 0 saturated carbocycles. The van der Waals surface area contributed by atoms with Crippen molar-refractivity contribution in [2.45, 2.75) is 4.90 Å². The van der Waals surface area contributed by atoms with Crippen molar-refractivity contribution in [2.24, 2.45) is 0 Å². The molecule has 29 heavy (non-hydrogen) atoms. The van der Waals surface area contributed by atoms with E-state index in [4.69, 9.17) is 16.3 Å². The molecule has 3 rings (SSSR count). The fourth-order valence-corrected chi connectivity index (χ4v) is 4.36. The van der Waals surface area contributed by atoms with Crippen LogP contribution < -0.4 is 10.6 Å². The minimum absolute atomic E-state index is 0.0455. The number of nitrogens with one attached hydrogen (secondary N) is 2. The number of hydrogen-bond acceptors (Lipinski definition) is 5. The lowest BCUT2D eigenvalue weighted by atomic mass is 10.3. The minimum Gasteiger partial charge on any atom is -0.379 e. The zero-order valence-corrected chi connectivity index (χ0v) is 16.7. The highest BCUT2D eigenvalue weighted by Crippen LogP contribution is 2.24. The number of carbonyl (C=O) groups excluding carboxylic acids is 1. The summed E-state index contributed by atoms with van der Waals surface area (Å²) in [7, 11) is -4.04. The first-order chi connectivity index (χ1) is 13.8. The third-order valence-corrected chi connectivity index (χ3v) is 6.33. The van der Waals surface area contributed by atoms with Crippen molar-refractivity contribution in [2.75, 3.05) is 43.5 Å². The number of amides is 1. The molecule has 1 aliphatic rings. The number of hydrogen-bond donors (Lipinski definition) is 2. The summed E-state index contributed by atoms with van der Waals surface area (Å²) in [5.74, 6) is -2.16. The summed E-state index contributed by atoms with van der Waals surface area (Å²) < 4.78 is 59.5. The van der Waals surface area contributed by atoms with Gasteiger partial charge in [-0.1, -0.05) is 11.6 Å². The van der Waals surface area contributed by atoms with Crippen LogP contribution in [0.1, 0.15) is 0 Å². The minimum atomic E-state index is -4.04. The second kappa shape index (κ2) is 9.04. The SMILES string of the molecule is O=C(CNc1ccc(F)c(S(=O)(=O)N2CCOCC2)c1)Nc1ccc(Cl)cc1F. The third-order valence-electron chi connectivity index (χ3n) is 4.18. The van der Waals surface area contributed by atoms with E-state index in [0.29, 0.717) is 0 Å². The van der Waals surface area contributed by atoms with Gasteiger partial charge in [0.2, 0.25) is 15.9 Å². The van der Waals surface area contributed by atoms with Crippen LogP contribution in [0.25, 0.3) is 0 Å². The molecule has 0 bridgehead atoms. The fraction of sp³-hybridized carbons (Fsp3) is 0.278. The van der Waals surface area contributed by atoms with Gasteiger partial charge >= 0.3 is 0 Å². The van der Waals surface area contributed by atoms with E-state index in [1.165, 1.54) is 18.2 Å². The number of benzene rings is 2. The molecule has 1 saturated heterocycles. The molecule has 1 heterocycles. The van der Waals surface area contributed by atoms with E-state index >= 15 is 0 Å². The lowest BCUT2D eigenvalue weighted by Gasteiger charge is -2.26. The quantitative estimate of drug-likeness (QED) is 0.713. The van der Waals surface area contributed by atoms with E-state index in [0.717, 1.165) is 22.5 Å². The van der Waals surface area contributed by atoms with Gasteiger partial charge in [0, 0.05) is 23.8 Å². The average molecular weight is 446 g/mol. The maximum Gasteiger partial charge on any atom is 0.246 e. The van der Waals surface area contributed by atoms with Gasteiger partial charge in [-0.15, -0.1) is 0 Å². The maximum atomic E-state index is 14.2. The van der Waals surface area contributed by atoms with Crippen molar-refractivity contribution in [3.63, 3.8) is 0 Å². The van der Waals surface area contributed by atoms with E-state index < -0.39 is 32.5 Å². The zero-order chi connectivity index (χ0) is 21.0. The van der Waals surface area contributed by atoms with Crippen LogP contribution >= 0.6 is 11.6 Å². The zero-order valence-electron chi connectivity index (χ0n) is 15.1. The molecule has 156 valence electrons. The van der Waals surface area contributed by atoms with Gasteiger partial charge < -0.3 is 15.4 Å². The summed E-state index contributed by atoms with van der Waals surface area (Å²) in [5, 5.41) is 5.26. The summed E-state index contributed by atoms with van der Waals surface area (Å²) in [5.41, 5.74) is 0.181. The molecule has 2 N–H and O–H groups in total. The first kappa shape index (κ1) is 21.4. The summed E-state index contributed by atoms with van der Waals surface area (Å²) in [6.45, 7) is 0.453. The van der Waals surface area contributed by atoms with Gasteiger partial charge in [-0.25, -0.2) is 17.2 Å². The predicted octanol–water partition coefficient (Wildman–Crippen LogP) is 2.69. The number of rotatable bonds is 6. The number of nitrogens with zero attached hydrogens (tertiary/aromatic N) is 1. The Morgan fingerprint density at radius 2 is 1.83 bits per heavy atom. The Morgan fingerprint density at radius 1 is 1.10 bits per heavy atom. The van der Waals surface area contributed by atoms with Crippen molar-refractivity contribution in [3.05, 3.63) is 53.1 Å². The number of halogens is 3. The maximum absolute atomic E-state index is 14.2. The van der Waals surface area contributed by atoms with E-state index in [9.17, 15) is 22.0 Å². The molecule has 2 aromatic rings. The van der Waals surface area contributed by atoms with Gasteiger partial charge in [0.1, 0.15) is 16.5 Å². The highest BCUT2D eigenvalue weighted by Gasteiger charge is 2.29. The first-order valence-corrected chi connectivity index (χ1v) is 10.5. The highest BCUT2D eigenvalue weighted by molar-refractivity contribution is 7.89. The fourth-order valence-electron chi connectivity index (χ4n) is 2.70. The summed E-state index contributed by atoms with van der Waals surface area (Å²) in [4.78, 5) is 11.5. The smallest absolute Gasteiger partial charge is 0.246 e. The second-order valence-electron chi connectivity index (χ2n) is 6.19. The van der Waals surface area contributed by atoms with Crippen molar-refractivity contribution in [1.29, 1.82) is 0 Å². The average Bonchev–Trinajstić information content (AvgIpc) is 2.70. The molecular formula is C18H18ClF2N3O4S. The van der Waals surface area contributed by atoms with E-state index in [1.807, 2.05) is 0 Å². The second-order valence-corrected chi connectivity index (χ2v) is 8.53. The standard InChI is InChI=1S/C18H18ClF2N3O4S/c19-12-1-4-16(15(21)9-12)23-18(25)11-22-13-2-3-14(20)17(10-13)29(26,27)24-5-7-28-8-6-24/h1-4,9-10,22H,5-8,11H2,(H,23,25). The summed E-state index contributed by atoms with van der Waals surface area (Å²) in [6, 6.07) is 7.25. The number of carbonyl (C=O) groups is 1. The van der Waals surface area contributed by atoms with Crippen LogP contribution in [0.2, 0.25) is 5.02 Å². The number of morpholine rings is 1. The van der Waals surface area contributed by atoms with Crippen LogP contribution in [0, 0.1) is 11.6 Å². The van der Waals surface area contributed by atoms with Gasteiger partial charge in [0.15, 0.2) is 0 Å². The van der Waals surface area contributed by atoms with Gasteiger partial charge in [0.25, 0.3) is 0 Å². The largest absolute Gasteiger partial charge is 0.379 e. The Kier molecular flexibility index (Phi) is 6.68. The van der Waals surface area contributed by atoms with Crippen LogP contribution in [0.3, 0.4) is 0 Å². The number of ether oxygens (including phenoxy) is 1. The Hall–Kier alpha value is -2.27. The Balaban J connectivity index is 1.68. The van der Waals surface area contributed by atoms with E-state index in [-0.39, 0.29) is 49.2 Å². The molecule has 0 radical (unpaired) electrons. The van der Waals surface area contributed by atoms with Crippen LogP contribution in [-0.4, -0.2) is 51.5 Å². The van der Waals surface area contributed by atoms with Crippen molar-refractivity contribution in [1.82, 2.24) is 4.31 Å². The van der Waals surface area contributed by atoms with Crippen LogP contribution in [-0.2, 0) is 19.6 Å². The van der Waals surface area contributed by atoms with Gasteiger partial charge in [-0.2, -0.15) is 4.31 Å². The highest BCUT2D eigenvalue weighted by atomic mass is 35.5. The molecule has 1 amide bonds. The third kappa shape index (κ3) is 5.21. The monoisotopic (exact) mass is 445 g/mol. The van der Waals surface area contributed by atoms with Gasteiger partial charge in [-0.3, -0.25) is 4.79 Å². The van der Waals surface area contributed by atoms with Crippen molar-refractivity contribution in [3.8, 4) is 0 Å². The Morgan fingerprint density at radius 3 is 2.52 bits per heavy atom. The number of anilines is 2. The lowest BCUT2D eigenvalue weighted by molar-refractivity contribution is -0.114. The van der Waals surface area contributed by atoms with Crippen molar-refractivity contribution < 1.29 is 26.7 Å². The molecule has 1 fully saturated rings. The molecule has 11 heteroatoms. The van der Waals surface area contributed by atoms with Crippen LogP contribution in [0.15, 0.2) is 41.3 Å². The molecule has 2 aromatic carbocycles. The van der Waals surface area contributed by atoms with Gasteiger partial charge in [0.05, 0.1) is 25.4 Å². The predicted molar refractivity (Wildman–Crippen MR) is 105 cm³/mol. The molecule has 0 spiro atoms. The van der Waals surface area contributed by atoms with Crippen LogP contribution in [0.4, 0.5) is 20.2 Å². The molecule has 1 aliphatic heterocycles. The molecule has 7 nitrogen and oxygen atoms in total. The topological polar surface area (TPSA) is 87.7 Å². The van der Waals surface area contributed by atoms with E-state index in [1.54, 1.807) is 0 Å².